The van der Waals surface area contributed by atoms with Gasteiger partial charge in [0.05, 0.1) is 13.2 Å². The van der Waals surface area contributed by atoms with Crippen LogP contribution in [0.15, 0.2) is 48.5 Å². The molecule has 0 unspecified atom stereocenters. The number of carbonyl (C=O) groups is 2. The van der Waals surface area contributed by atoms with Gasteiger partial charge in [-0.25, -0.2) is 0 Å². The van der Waals surface area contributed by atoms with Crippen LogP contribution in [-0.4, -0.2) is 50.8 Å². The van der Waals surface area contributed by atoms with E-state index in [2.05, 4.69) is 10.2 Å². The fourth-order valence-corrected chi connectivity index (χ4v) is 3.72. The minimum atomic E-state index is -0.673. The number of nitrogens with one attached hydrogen (secondary N) is 1. The van der Waals surface area contributed by atoms with E-state index in [4.69, 9.17) is 9.47 Å². The summed E-state index contributed by atoms with van der Waals surface area (Å²) in [5.74, 6) is 0.466. The van der Waals surface area contributed by atoms with Gasteiger partial charge in [-0.1, -0.05) is 6.07 Å². The van der Waals surface area contributed by atoms with E-state index < -0.39 is 6.10 Å². The molecule has 2 amide bonds. The molecule has 0 bridgehead atoms. The molecule has 0 saturated carbocycles. The zero-order valence-electron chi connectivity index (χ0n) is 17.2. The number of hydrogen-bond donors (Lipinski definition) is 1. The number of ether oxygens (including phenoxy) is 2. The molecule has 4 rings (SSSR count). The molecule has 2 aromatic rings. The van der Waals surface area contributed by atoms with Crippen LogP contribution in [0.3, 0.4) is 0 Å². The van der Waals surface area contributed by atoms with Crippen molar-refractivity contribution >= 4 is 28.9 Å². The molecule has 0 aliphatic carbocycles. The molecule has 0 radical (unpaired) electrons. The van der Waals surface area contributed by atoms with Crippen LogP contribution in [0.2, 0.25) is 0 Å². The standard InChI is InChI=1S/C23H27N3O4/c1-17(30-21-5-2-4-20(16-21)26-11-3-6-22(26)27)23(28)24-18-7-9-19(10-8-18)25-12-14-29-15-13-25/h2,4-5,7-10,16-17H,3,6,11-15H2,1H3,(H,24,28)/t17-/m0/s1. The minimum absolute atomic E-state index is 0.124. The highest BCUT2D eigenvalue weighted by Crippen LogP contribution is 2.26. The number of morpholine rings is 1. The van der Waals surface area contributed by atoms with Gasteiger partial charge in [0.15, 0.2) is 6.10 Å². The molecule has 1 N–H and O–H groups in total. The summed E-state index contributed by atoms with van der Waals surface area (Å²) in [5.41, 5.74) is 2.65. The third-order valence-electron chi connectivity index (χ3n) is 5.40. The van der Waals surface area contributed by atoms with Crippen molar-refractivity contribution in [2.45, 2.75) is 25.9 Å². The molecule has 30 heavy (non-hydrogen) atoms. The number of carbonyl (C=O) groups excluding carboxylic acids is 2. The summed E-state index contributed by atoms with van der Waals surface area (Å²) in [5, 5.41) is 2.90. The van der Waals surface area contributed by atoms with Gasteiger partial charge in [-0.05, 0) is 49.7 Å². The number of benzene rings is 2. The second kappa shape index (κ2) is 9.17. The predicted molar refractivity (Wildman–Crippen MR) is 116 cm³/mol. The Balaban J connectivity index is 1.34. The molecule has 0 aromatic heterocycles. The summed E-state index contributed by atoms with van der Waals surface area (Å²) in [6.07, 6.45) is 0.773. The Labute approximate surface area is 176 Å². The van der Waals surface area contributed by atoms with Crippen molar-refractivity contribution < 1.29 is 19.1 Å². The molecule has 7 heteroatoms. The average molecular weight is 409 g/mol. The number of nitrogens with zero attached hydrogens (tertiary/aromatic N) is 2. The van der Waals surface area contributed by atoms with Crippen LogP contribution in [0, 0.1) is 0 Å². The van der Waals surface area contributed by atoms with Crippen LogP contribution in [0.4, 0.5) is 17.1 Å². The van der Waals surface area contributed by atoms with Gasteiger partial charge in [-0.2, -0.15) is 0 Å². The monoisotopic (exact) mass is 409 g/mol. The van der Waals surface area contributed by atoms with Crippen molar-refractivity contribution in [2.24, 2.45) is 0 Å². The zero-order chi connectivity index (χ0) is 20.9. The van der Waals surface area contributed by atoms with Crippen LogP contribution in [0.25, 0.3) is 0 Å². The smallest absolute Gasteiger partial charge is 0.265 e. The van der Waals surface area contributed by atoms with Crippen molar-refractivity contribution in [3.8, 4) is 5.75 Å². The summed E-state index contributed by atoms with van der Waals surface area (Å²) in [7, 11) is 0. The molecule has 2 fully saturated rings. The lowest BCUT2D eigenvalue weighted by Gasteiger charge is -2.29. The topological polar surface area (TPSA) is 71.1 Å². The van der Waals surface area contributed by atoms with Crippen molar-refractivity contribution in [2.75, 3.05) is 48.0 Å². The van der Waals surface area contributed by atoms with Crippen LogP contribution in [-0.2, 0) is 14.3 Å². The lowest BCUT2D eigenvalue weighted by molar-refractivity contribution is -0.122. The predicted octanol–water partition coefficient (Wildman–Crippen LogP) is 3.06. The van der Waals surface area contributed by atoms with E-state index in [-0.39, 0.29) is 11.8 Å². The van der Waals surface area contributed by atoms with Crippen molar-refractivity contribution in [1.82, 2.24) is 0 Å². The van der Waals surface area contributed by atoms with Gasteiger partial charge >= 0.3 is 0 Å². The molecule has 1 atom stereocenters. The highest BCUT2D eigenvalue weighted by Gasteiger charge is 2.22. The van der Waals surface area contributed by atoms with E-state index in [1.54, 1.807) is 17.9 Å². The van der Waals surface area contributed by atoms with E-state index in [0.717, 1.165) is 56.3 Å². The zero-order valence-corrected chi connectivity index (χ0v) is 17.2. The number of rotatable bonds is 6. The van der Waals surface area contributed by atoms with Gasteiger partial charge in [0.1, 0.15) is 5.75 Å². The first-order chi connectivity index (χ1) is 14.6. The second-order valence-electron chi connectivity index (χ2n) is 7.54. The van der Waals surface area contributed by atoms with Crippen molar-refractivity contribution in [3.05, 3.63) is 48.5 Å². The van der Waals surface area contributed by atoms with Crippen molar-refractivity contribution in [3.63, 3.8) is 0 Å². The summed E-state index contributed by atoms with van der Waals surface area (Å²) in [6.45, 7) is 5.65. The number of amides is 2. The van der Waals surface area contributed by atoms with Gasteiger partial charge in [0.25, 0.3) is 5.91 Å². The Morgan fingerprint density at radius 2 is 1.83 bits per heavy atom. The van der Waals surface area contributed by atoms with Crippen LogP contribution >= 0.6 is 0 Å². The normalized spacial score (nSPS) is 17.7. The molecule has 7 nitrogen and oxygen atoms in total. The SMILES string of the molecule is C[C@H](Oc1cccc(N2CCCC2=O)c1)C(=O)Nc1ccc(N2CCOCC2)cc1. The van der Waals surface area contributed by atoms with Gasteiger partial charge < -0.3 is 24.6 Å². The van der Waals surface area contributed by atoms with Gasteiger partial charge in [-0.15, -0.1) is 0 Å². The molecule has 2 saturated heterocycles. The lowest BCUT2D eigenvalue weighted by atomic mass is 10.2. The van der Waals surface area contributed by atoms with Gasteiger partial charge in [0.2, 0.25) is 5.91 Å². The highest BCUT2D eigenvalue weighted by molar-refractivity contribution is 5.96. The Bertz CT molecular complexity index is 894. The Morgan fingerprint density at radius 1 is 1.07 bits per heavy atom. The van der Waals surface area contributed by atoms with E-state index in [0.29, 0.717) is 12.2 Å². The first-order valence-electron chi connectivity index (χ1n) is 10.4. The van der Waals surface area contributed by atoms with Gasteiger partial charge in [0, 0.05) is 49.2 Å². The van der Waals surface area contributed by atoms with E-state index in [1.165, 1.54) is 0 Å². The number of anilines is 3. The minimum Gasteiger partial charge on any atom is -0.481 e. The summed E-state index contributed by atoms with van der Waals surface area (Å²) in [6, 6.07) is 15.1. The van der Waals surface area contributed by atoms with E-state index >= 15 is 0 Å². The highest BCUT2D eigenvalue weighted by atomic mass is 16.5. The Morgan fingerprint density at radius 3 is 2.53 bits per heavy atom. The maximum Gasteiger partial charge on any atom is 0.265 e. The first-order valence-corrected chi connectivity index (χ1v) is 10.4. The largest absolute Gasteiger partial charge is 0.481 e. The van der Waals surface area contributed by atoms with Crippen molar-refractivity contribution in [1.29, 1.82) is 0 Å². The first kappa shape index (κ1) is 20.2. The summed E-state index contributed by atoms with van der Waals surface area (Å²) < 4.78 is 11.2. The van der Waals surface area contributed by atoms with Gasteiger partial charge in [-0.3, -0.25) is 9.59 Å². The molecule has 0 spiro atoms. The maximum absolute atomic E-state index is 12.6. The lowest BCUT2D eigenvalue weighted by Crippen LogP contribution is -2.36. The Kier molecular flexibility index (Phi) is 6.18. The third kappa shape index (κ3) is 4.74. The molecule has 2 aliphatic heterocycles. The molecule has 2 aromatic carbocycles. The molecule has 2 heterocycles. The van der Waals surface area contributed by atoms with Crippen LogP contribution in [0.1, 0.15) is 19.8 Å². The summed E-state index contributed by atoms with van der Waals surface area (Å²) >= 11 is 0. The van der Waals surface area contributed by atoms with E-state index in [9.17, 15) is 9.59 Å². The maximum atomic E-state index is 12.6. The fraction of sp³-hybridized carbons (Fsp3) is 0.391. The fourth-order valence-electron chi connectivity index (χ4n) is 3.72. The molecule has 158 valence electrons. The average Bonchev–Trinajstić information content (AvgIpc) is 3.21. The third-order valence-corrected chi connectivity index (χ3v) is 5.40. The Hall–Kier alpha value is -3.06. The molecular formula is C23H27N3O4. The second-order valence-corrected chi connectivity index (χ2v) is 7.54. The van der Waals surface area contributed by atoms with Crippen LogP contribution < -0.4 is 19.9 Å². The quantitative estimate of drug-likeness (QED) is 0.794. The summed E-state index contributed by atoms with van der Waals surface area (Å²) in [4.78, 5) is 28.5. The molecular weight excluding hydrogens is 382 g/mol. The molecule has 2 aliphatic rings. The van der Waals surface area contributed by atoms with Crippen LogP contribution in [0.5, 0.6) is 5.75 Å². The number of hydrogen-bond acceptors (Lipinski definition) is 5. The van der Waals surface area contributed by atoms with E-state index in [1.807, 2.05) is 42.5 Å².